The van der Waals surface area contributed by atoms with Crippen molar-refractivity contribution in [3.63, 3.8) is 0 Å². The number of benzene rings is 1. The van der Waals surface area contributed by atoms with Crippen molar-refractivity contribution >= 4 is 23.2 Å². The van der Waals surface area contributed by atoms with Crippen LogP contribution >= 0.6 is 11.3 Å². The molecule has 1 aliphatic rings. The summed E-state index contributed by atoms with van der Waals surface area (Å²) in [5.41, 5.74) is 6.80. The Labute approximate surface area is 162 Å². The molecule has 1 aromatic carbocycles. The number of ether oxygens (including phenoxy) is 1. The summed E-state index contributed by atoms with van der Waals surface area (Å²) in [6, 6.07) is 7.58. The molecule has 2 amide bonds. The molecule has 27 heavy (non-hydrogen) atoms. The fourth-order valence-corrected chi connectivity index (χ4v) is 3.92. The molecule has 1 atom stereocenters. The van der Waals surface area contributed by atoms with Crippen LogP contribution in [0.5, 0.6) is 5.75 Å². The predicted molar refractivity (Wildman–Crippen MR) is 105 cm³/mol. The van der Waals surface area contributed by atoms with Gasteiger partial charge in [0.25, 0.3) is 5.91 Å². The van der Waals surface area contributed by atoms with E-state index in [2.05, 4.69) is 10.3 Å². The van der Waals surface area contributed by atoms with Gasteiger partial charge in [0.2, 0.25) is 5.91 Å². The van der Waals surface area contributed by atoms with Crippen molar-refractivity contribution in [2.24, 2.45) is 11.7 Å². The minimum absolute atomic E-state index is 0.0323. The molecule has 8 heteroatoms. The molecule has 1 aromatic heterocycles. The van der Waals surface area contributed by atoms with Crippen LogP contribution in [0, 0.1) is 5.92 Å². The number of hydrogen-bond acceptors (Lipinski definition) is 6. The summed E-state index contributed by atoms with van der Waals surface area (Å²) in [6.45, 7) is 1.94. The fraction of sp³-hybridized carbons (Fsp3) is 0.421. The fourth-order valence-electron chi connectivity index (χ4n) is 3.12. The van der Waals surface area contributed by atoms with Crippen molar-refractivity contribution in [1.82, 2.24) is 15.2 Å². The zero-order valence-corrected chi connectivity index (χ0v) is 16.1. The van der Waals surface area contributed by atoms with Crippen LogP contribution in [0.4, 0.5) is 0 Å². The van der Waals surface area contributed by atoms with Crippen molar-refractivity contribution in [1.29, 1.82) is 0 Å². The molecule has 3 N–H and O–H groups in total. The van der Waals surface area contributed by atoms with E-state index in [0.717, 1.165) is 29.2 Å². The van der Waals surface area contributed by atoms with Crippen molar-refractivity contribution in [3.05, 3.63) is 35.3 Å². The number of thiazole rings is 1. The first-order valence-electron chi connectivity index (χ1n) is 8.99. The number of nitrogens with two attached hydrogens (primary N) is 1. The number of rotatable bonds is 6. The van der Waals surface area contributed by atoms with E-state index in [9.17, 15) is 9.59 Å². The Bertz CT molecular complexity index is 791. The Hall–Kier alpha value is -2.45. The van der Waals surface area contributed by atoms with Gasteiger partial charge in [-0.15, -0.1) is 11.3 Å². The van der Waals surface area contributed by atoms with Crippen LogP contribution in [0.25, 0.3) is 10.6 Å². The maximum atomic E-state index is 12.8. The summed E-state index contributed by atoms with van der Waals surface area (Å²) in [5.74, 6) is 0.435. The molecule has 2 heterocycles. The van der Waals surface area contributed by atoms with Crippen LogP contribution in [0.15, 0.2) is 29.6 Å². The summed E-state index contributed by atoms with van der Waals surface area (Å²) >= 11 is 1.43. The van der Waals surface area contributed by atoms with E-state index in [4.69, 9.17) is 10.5 Å². The first-order chi connectivity index (χ1) is 13.1. The lowest BCUT2D eigenvalue weighted by Crippen LogP contribution is -2.46. The molecule has 1 unspecified atom stereocenters. The molecule has 144 valence electrons. The number of likely N-dealkylation sites (tertiary alicyclic amines) is 1. The van der Waals surface area contributed by atoms with Gasteiger partial charge in [0.05, 0.1) is 13.0 Å². The van der Waals surface area contributed by atoms with Gasteiger partial charge in [-0.2, -0.15) is 0 Å². The third-order valence-corrected chi connectivity index (χ3v) is 5.47. The minimum Gasteiger partial charge on any atom is -0.497 e. The molecule has 0 radical (unpaired) electrons. The minimum atomic E-state index is -0.186. The number of nitrogens with zero attached hydrogens (tertiary/aromatic N) is 2. The van der Waals surface area contributed by atoms with E-state index >= 15 is 0 Å². The predicted octanol–water partition coefficient (Wildman–Crippen LogP) is 1.75. The Kier molecular flexibility index (Phi) is 6.41. The summed E-state index contributed by atoms with van der Waals surface area (Å²) in [5, 5.41) is 5.38. The molecule has 0 saturated carbocycles. The molecule has 0 bridgehead atoms. The van der Waals surface area contributed by atoms with Crippen LogP contribution in [-0.4, -0.2) is 55.0 Å². The van der Waals surface area contributed by atoms with Gasteiger partial charge >= 0.3 is 0 Å². The van der Waals surface area contributed by atoms with Gasteiger partial charge in [0, 0.05) is 37.1 Å². The molecule has 0 aliphatic carbocycles. The average Bonchev–Trinajstić information content (AvgIpc) is 3.21. The number of carbonyl (C=O) groups is 2. The van der Waals surface area contributed by atoms with Gasteiger partial charge in [-0.1, -0.05) is 0 Å². The maximum absolute atomic E-state index is 12.8. The monoisotopic (exact) mass is 388 g/mol. The number of methoxy groups -OCH3 is 1. The molecule has 1 fully saturated rings. The van der Waals surface area contributed by atoms with E-state index < -0.39 is 0 Å². The highest BCUT2D eigenvalue weighted by Crippen LogP contribution is 2.27. The molecule has 1 saturated heterocycles. The zero-order valence-electron chi connectivity index (χ0n) is 15.3. The van der Waals surface area contributed by atoms with Gasteiger partial charge in [-0.3, -0.25) is 9.59 Å². The largest absolute Gasteiger partial charge is 0.497 e. The summed E-state index contributed by atoms with van der Waals surface area (Å²) in [7, 11) is 1.62. The lowest BCUT2D eigenvalue weighted by molar-refractivity contribution is -0.126. The lowest BCUT2D eigenvalue weighted by atomic mass is 9.97. The smallest absolute Gasteiger partial charge is 0.273 e. The highest BCUT2D eigenvalue weighted by Gasteiger charge is 2.29. The van der Waals surface area contributed by atoms with Crippen molar-refractivity contribution in [3.8, 4) is 16.3 Å². The van der Waals surface area contributed by atoms with Gasteiger partial charge in [-0.25, -0.2) is 4.98 Å². The van der Waals surface area contributed by atoms with E-state index in [1.807, 2.05) is 24.3 Å². The zero-order chi connectivity index (χ0) is 19.2. The Morgan fingerprint density at radius 2 is 2.15 bits per heavy atom. The van der Waals surface area contributed by atoms with Crippen molar-refractivity contribution < 1.29 is 14.3 Å². The van der Waals surface area contributed by atoms with E-state index in [1.165, 1.54) is 11.3 Å². The normalized spacial score (nSPS) is 16.8. The third-order valence-electron chi connectivity index (χ3n) is 4.58. The van der Waals surface area contributed by atoms with Gasteiger partial charge < -0.3 is 20.7 Å². The second-order valence-electron chi connectivity index (χ2n) is 6.44. The van der Waals surface area contributed by atoms with Crippen LogP contribution < -0.4 is 15.8 Å². The standard InChI is InChI=1S/C19H24N4O3S/c1-26-15-6-4-13(5-7-15)18-22-16(12-27-18)19(25)23-10-2-3-14(11-23)17(24)21-9-8-20/h4-7,12,14H,2-3,8-11,20H2,1H3,(H,21,24). The van der Waals surface area contributed by atoms with Crippen LogP contribution in [0.1, 0.15) is 23.3 Å². The second kappa shape index (κ2) is 8.96. The summed E-state index contributed by atoms with van der Waals surface area (Å²) < 4.78 is 5.16. The van der Waals surface area contributed by atoms with Gasteiger partial charge in [-0.05, 0) is 37.1 Å². The SMILES string of the molecule is COc1ccc(-c2nc(C(=O)N3CCCC(C(=O)NCCN)C3)cs2)cc1. The van der Waals surface area contributed by atoms with E-state index in [0.29, 0.717) is 31.9 Å². The van der Waals surface area contributed by atoms with Crippen molar-refractivity contribution in [2.75, 3.05) is 33.3 Å². The highest BCUT2D eigenvalue weighted by molar-refractivity contribution is 7.13. The second-order valence-corrected chi connectivity index (χ2v) is 7.29. The molecule has 2 aromatic rings. The molecule has 7 nitrogen and oxygen atoms in total. The molecular weight excluding hydrogens is 364 g/mol. The maximum Gasteiger partial charge on any atom is 0.273 e. The third kappa shape index (κ3) is 4.64. The van der Waals surface area contributed by atoms with Gasteiger partial charge in [0.15, 0.2) is 0 Å². The van der Waals surface area contributed by atoms with Crippen LogP contribution in [0.2, 0.25) is 0 Å². The van der Waals surface area contributed by atoms with E-state index in [1.54, 1.807) is 17.4 Å². The average molecular weight is 388 g/mol. The first-order valence-corrected chi connectivity index (χ1v) is 9.87. The summed E-state index contributed by atoms with van der Waals surface area (Å²) in [6.07, 6.45) is 1.59. The highest BCUT2D eigenvalue weighted by atomic mass is 32.1. The number of carbonyl (C=O) groups excluding carboxylic acids is 2. The molecule has 3 rings (SSSR count). The number of hydrogen-bond donors (Lipinski definition) is 2. The lowest BCUT2D eigenvalue weighted by Gasteiger charge is -2.31. The quantitative estimate of drug-likeness (QED) is 0.786. The Balaban J connectivity index is 1.66. The number of amides is 2. The van der Waals surface area contributed by atoms with Crippen LogP contribution in [-0.2, 0) is 4.79 Å². The first kappa shape index (κ1) is 19.3. The summed E-state index contributed by atoms with van der Waals surface area (Å²) in [4.78, 5) is 31.2. The van der Waals surface area contributed by atoms with Crippen molar-refractivity contribution in [2.45, 2.75) is 12.8 Å². The van der Waals surface area contributed by atoms with E-state index in [-0.39, 0.29) is 17.7 Å². The molecular formula is C19H24N4O3S. The topological polar surface area (TPSA) is 97.5 Å². The Morgan fingerprint density at radius 3 is 2.85 bits per heavy atom. The Morgan fingerprint density at radius 1 is 1.37 bits per heavy atom. The molecule has 0 spiro atoms. The number of aromatic nitrogens is 1. The van der Waals surface area contributed by atoms with Crippen LogP contribution in [0.3, 0.4) is 0 Å². The number of nitrogens with one attached hydrogen (secondary N) is 1. The molecule has 1 aliphatic heterocycles. The number of piperidine rings is 1. The van der Waals surface area contributed by atoms with Gasteiger partial charge in [0.1, 0.15) is 16.5 Å².